The maximum absolute atomic E-state index is 5.50. The number of fused-ring (bicyclic) bond motifs is 1. The minimum Gasteiger partial charge on any atom is -0.497 e. The minimum absolute atomic E-state index is 0.772. The van der Waals surface area contributed by atoms with Gasteiger partial charge in [0.05, 0.1) is 32.5 Å². The number of benzene rings is 2. The first kappa shape index (κ1) is 14.2. The maximum atomic E-state index is 5.50. The summed E-state index contributed by atoms with van der Waals surface area (Å²) >= 11 is 0. The van der Waals surface area contributed by atoms with Crippen molar-refractivity contribution in [3.8, 4) is 28.5 Å². The lowest BCUT2D eigenvalue weighted by Crippen LogP contribution is -1.92. The monoisotopic (exact) mass is 295 g/mol. The molecule has 3 aromatic rings. The van der Waals surface area contributed by atoms with Crippen LogP contribution in [0.15, 0.2) is 48.5 Å². The van der Waals surface area contributed by atoms with Crippen LogP contribution in [0.2, 0.25) is 0 Å². The molecule has 0 atom stereocenters. The molecule has 0 aliphatic heterocycles. The lowest BCUT2D eigenvalue weighted by atomic mass is 10.1. The van der Waals surface area contributed by atoms with Crippen molar-refractivity contribution in [3.05, 3.63) is 48.5 Å². The highest BCUT2D eigenvalue weighted by atomic mass is 16.5. The Morgan fingerprint density at radius 1 is 0.727 bits per heavy atom. The second-order valence-electron chi connectivity index (χ2n) is 4.82. The molecule has 0 amide bonds. The summed E-state index contributed by atoms with van der Waals surface area (Å²) in [5.74, 6) is 2.38. The third-order valence-electron chi connectivity index (χ3n) is 3.58. The van der Waals surface area contributed by atoms with Gasteiger partial charge in [0, 0.05) is 23.1 Å². The van der Waals surface area contributed by atoms with Gasteiger partial charge in [0.2, 0.25) is 0 Å². The molecule has 0 unspecified atom stereocenters. The van der Waals surface area contributed by atoms with E-state index in [-0.39, 0.29) is 0 Å². The molecular formula is C18H17NO3. The van der Waals surface area contributed by atoms with Gasteiger partial charge in [-0.15, -0.1) is 0 Å². The summed E-state index contributed by atoms with van der Waals surface area (Å²) in [6.07, 6.45) is 0. The van der Waals surface area contributed by atoms with E-state index in [9.17, 15) is 0 Å². The van der Waals surface area contributed by atoms with E-state index < -0.39 is 0 Å². The lowest BCUT2D eigenvalue weighted by Gasteiger charge is -2.10. The van der Waals surface area contributed by atoms with Gasteiger partial charge in [-0.25, -0.2) is 4.98 Å². The fourth-order valence-corrected chi connectivity index (χ4v) is 2.38. The van der Waals surface area contributed by atoms with Crippen LogP contribution in [0, 0.1) is 0 Å². The molecule has 0 bridgehead atoms. The summed E-state index contributed by atoms with van der Waals surface area (Å²) in [5.41, 5.74) is 2.69. The molecule has 0 saturated heterocycles. The predicted molar refractivity (Wildman–Crippen MR) is 86.8 cm³/mol. The van der Waals surface area contributed by atoms with Crippen molar-refractivity contribution in [1.29, 1.82) is 0 Å². The summed E-state index contributed by atoms with van der Waals surface area (Å²) < 4.78 is 16.0. The largest absolute Gasteiger partial charge is 0.497 e. The second kappa shape index (κ2) is 5.93. The fraction of sp³-hybridized carbons (Fsp3) is 0.167. The molecule has 0 aliphatic rings. The molecule has 0 radical (unpaired) electrons. The molecule has 2 aromatic carbocycles. The van der Waals surface area contributed by atoms with Crippen molar-refractivity contribution in [2.75, 3.05) is 21.3 Å². The van der Waals surface area contributed by atoms with Crippen LogP contribution < -0.4 is 14.2 Å². The van der Waals surface area contributed by atoms with Gasteiger partial charge in [-0.1, -0.05) is 0 Å². The van der Waals surface area contributed by atoms with Gasteiger partial charge in [0.25, 0.3) is 0 Å². The minimum atomic E-state index is 0.772. The van der Waals surface area contributed by atoms with Gasteiger partial charge in [0.1, 0.15) is 17.2 Å². The molecule has 1 aromatic heterocycles. The highest BCUT2D eigenvalue weighted by Gasteiger charge is 2.09. The smallest absolute Gasteiger partial charge is 0.130 e. The maximum Gasteiger partial charge on any atom is 0.130 e. The molecule has 0 spiro atoms. The van der Waals surface area contributed by atoms with Crippen LogP contribution in [0.5, 0.6) is 17.2 Å². The Hall–Kier alpha value is -2.75. The quantitative estimate of drug-likeness (QED) is 0.731. The average Bonchev–Trinajstić information content (AvgIpc) is 2.60. The van der Waals surface area contributed by atoms with E-state index in [1.165, 1.54) is 0 Å². The summed E-state index contributed by atoms with van der Waals surface area (Å²) in [6.45, 7) is 0. The standard InChI is InChI=1S/C18H17NO3/c1-20-13-6-4-12(5-7-13)16-11-18(22-3)15-9-8-14(21-2)10-17(15)19-16/h4-11H,1-3H3. The highest BCUT2D eigenvalue weighted by molar-refractivity contribution is 5.89. The molecule has 0 N–H and O–H groups in total. The van der Waals surface area contributed by atoms with Crippen molar-refractivity contribution in [3.63, 3.8) is 0 Å². The first-order valence-electron chi connectivity index (χ1n) is 6.92. The molecule has 0 saturated carbocycles. The molecule has 22 heavy (non-hydrogen) atoms. The van der Waals surface area contributed by atoms with E-state index >= 15 is 0 Å². The molecule has 3 rings (SSSR count). The normalized spacial score (nSPS) is 10.5. The van der Waals surface area contributed by atoms with E-state index in [0.29, 0.717) is 0 Å². The predicted octanol–water partition coefficient (Wildman–Crippen LogP) is 3.93. The van der Waals surface area contributed by atoms with E-state index in [4.69, 9.17) is 19.2 Å². The van der Waals surface area contributed by atoms with Crippen molar-refractivity contribution >= 4 is 10.9 Å². The summed E-state index contributed by atoms with van der Waals surface area (Å²) in [7, 11) is 4.96. The first-order chi connectivity index (χ1) is 10.7. The molecule has 112 valence electrons. The zero-order chi connectivity index (χ0) is 15.5. The molecule has 4 heteroatoms. The van der Waals surface area contributed by atoms with Gasteiger partial charge in [0.15, 0.2) is 0 Å². The Kier molecular flexibility index (Phi) is 3.83. The van der Waals surface area contributed by atoms with Gasteiger partial charge in [-0.3, -0.25) is 0 Å². The lowest BCUT2D eigenvalue weighted by molar-refractivity contribution is 0.414. The zero-order valence-corrected chi connectivity index (χ0v) is 12.8. The number of ether oxygens (including phenoxy) is 3. The van der Waals surface area contributed by atoms with Crippen LogP contribution in [0.25, 0.3) is 22.2 Å². The van der Waals surface area contributed by atoms with Crippen molar-refractivity contribution in [2.45, 2.75) is 0 Å². The number of hydrogen-bond acceptors (Lipinski definition) is 4. The highest BCUT2D eigenvalue weighted by Crippen LogP contribution is 2.32. The zero-order valence-electron chi connectivity index (χ0n) is 12.8. The van der Waals surface area contributed by atoms with Crippen LogP contribution in [0.1, 0.15) is 0 Å². The number of methoxy groups -OCH3 is 3. The Bertz CT molecular complexity index is 797. The van der Waals surface area contributed by atoms with Gasteiger partial charge in [-0.2, -0.15) is 0 Å². The van der Waals surface area contributed by atoms with Crippen LogP contribution in [-0.2, 0) is 0 Å². The topological polar surface area (TPSA) is 40.6 Å². The van der Waals surface area contributed by atoms with Crippen LogP contribution in [-0.4, -0.2) is 26.3 Å². The van der Waals surface area contributed by atoms with Crippen LogP contribution in [0.4, 0.5) is 0 Å². The van der Waals surface area contributed by atoms with Crippen molar-refractivity contribution < 1.29 is 14.2 Å². The van der Waals surface area contributed by atoms with Gasteiger partial charge in [-0.05, 0) is 36.4 Å². The molecule has 1 heterocycles. The number of hydrogen-bond donors (Lipinski definition) is 0. The fourth-order valence-electron chi connectivity index (χ4n) is 2.38. The number of rotatable bonds is 4. The summed E-state index contributed by atoms with van der Waals surface area (Å²) in [5, 5.41) is 0.959. The van der Waals surface area contributed by atoms with E-state index in [1.807, 2.05) is 48.5 Å². The second-order valence-corrected chi connectivity index (χ2v) is 4.82. The van der Waals surface area contributed by atoms with E-state index in [1.54, 1.807) is 21.3 Å². The van der Waals surface area contributed by atoms with E-state index in [0.717, 1.165) is 39.4 Å². The number of nitrogens with zero attached hydrogens (tertiary/aromatic N) is 1. The van der Waals surface area contributed by atoms with Crippen molar-refractivity contribution in [1.82, 2.24) is 4.98 Å². The third kappa shape index (κ3) is 2.55. The summed E-state index contributed by atoms with van der Waals surface area (Å²) in [4.78, 5) is 4.72. The Balaban J connectivity index is 2.16. The number of pyridine rings is 1. The molecule has 4 nitrogen and oxygen atoms in total. The number of aromatic nitrogens is 1. The first-order valence-corrected chi connectivity index (χ1v) is 6.92. The molecule has 0 fully saturated rings. The van der Waals surface area contributed by atoms with Gasteiger partial charge < -0.3 is 14.2 Å². The molecule has 0 aliphatic carbocycles. The van der Waals surface area contributed by atoms with Gasteiger partial charge >= 0.3 is 0 Å². The van der Waals surface area contributed by atoms with Crippen LogP contribution >= 0.6 is 0 Å². The van der Waals surface area contributed by atoms with Crippen LogP contribution in [0.3, 0.4) is 0 Å². The average molecular weight is 295 g/mol. The van der Waals surface area contributed by atoms with E-state index in [2.05, 4.69) is 0 Å². The molecular weight excluding hydrogens is 278 g/mol. The SMILES string of the molecule is COc1ccc(-c2cc(OC)c3ccc(OC)cc3n2)cc1. The third-order valence-corrected chi connectivity index (χ3v) is 3.58. The Morgan fingerprint density at radius 2 is 1.41 bits per heavy atom. The Labute approximate surface area is 129 Å². The Morgan fingerprint density at radius 3 is 2.05 bits per heavy atom. The summed E-state index contributed by atoms with van der Waals surface area (Å²) in [6, 6.07) is 15.5. The van der Waals surface area contributed by atoms with Crippen molar-refractivity contribution in [2.24, 2.45) is 0 Å².